The number of hydrogen-bond acceptors (Lipinski definition) is 3. The van der Waals surface area contributed by atoms with Crippen molar-refractivity contribution in [3.8, 4) is 0 Å². The van der Waals surface area contributed by atoms with Crippen LogP contribution in [0.1, 0.15) is 44.9 Å². The van der Waals surface area contributed by atoms with E-state index in [1.54, 1.807) is 0 Å². The van der Waals surface area contributed by atoms with Gasteiger partial charge in [0.15, 0.2) is 0 Å². The summed E-state index contributed by atoms with van der Waals surface area (Å²) in [6.45, 7) is 4.29. The number of nitrogens with two attached hydrogens (primary N) is 1. The van der Waals surface area contributed by atoms with Gasteiger partial charge in [0.05, 0.1) is 6.61 Å². The minimum absolute atomic E-state index is 0.689. The van der Waals surface area contributed by atoms with Crippen LogP contribution in [0.3, 0.4) is 0 Å². The van der Waals surface area contributed by atoms with E-state index in [4.69, 9.17) is 10.5 Å². The molecule has 3 heteroatoms. The highest BCUT2D eigenvalue weighted by atomic mass is 16.5. The molecule has 3 nitrogen and oxygen atoms in total. The highest BCUT2D eigenvalue weighted by Gasteiger charge is 2.23. The lowest BCUT2D eigenvalue weighted by Crippen LogP contribution is -2.33. The number of unbranched alkanes of at least 4 members (excludes halogenated alkanes) is 4. The Morgan fingerprint density at radius 2 is 1.94 bits per heavy atom. The number of methoxy groups -OCH3 is 1. The molecule has 1 fully saturated rings. The average Bonchev–Trinajstić information content (AvgIpc) is 2.72. The number of rotatable bonds is 9. The summed E-state index contributed by atoms with van der Waals surface area (Å²) < 4.78 is 5.26. The van der Waals surface area contributed by atoms with Crippen molar-refractivity contribution in [2.24, 2.45) is 5.73 Å². The van der Waals surface area contributed by atoms with Gasteiger partial charge in [-0.2, -0.15) is 0 Å². The minimum atomic E-state index is 0.689. The molecule has 0 saturated carbocycles. The first kappa shape index (κ1) is 13.9. The Morgan fingerprint density at radius 1 is 1.19 bits per heavy atom. The summed E-state index contributed by atoms with van der Waals surface area (Å²) in [7, 11) is 1.81. The molecule has 1 aliphatic rings. The maximum Gasteiger partial charge on any atom is 0.0618 e. The Morgan fingerprint density at radius 3 is 2.69 bits per heavy atom. The molecular weight excluding hydrogens is 200 g/mol. The summed E-state index contributed by atoms with van der Waals surface area (Å²) >= 11 is 0. The number of nitrogens with zero attached hydrogens (tertiary/aromatic N) is 1. The van der Waals surface area contributed by atoms with Crippen molar-refractivity contribution in [2.75, 3.05) is 33.4 Å². The molecule has 1 rings (SSSR count). The summed E-state index contributed by atoms with van der Waals surface area (Å²) in [5.74, 6) is 0. The van der Waals surface area contributed by atoms with Crippen LogP contribution in [0.4, 0.5) is 0 Å². The van der Waals surface area contributed by atoms with Crippen molar-refractivity contribution in [2.45, 2.75) is 51.0 Å². The first-order valence-electron chi connectivity index (χ1n) is 6.81. The Balaban J connectivity index is 1.99. The lowest BCUT2D eigenvalue weighted by Gasteiger charge is -2.23. The summed E-state index contributed by atoms with van der Waals surface area (Å²) in [6.07, 6.45) is 9.21. The van der Waals surface area contributed by atoms with Crippen molar-refractivity contribution in [1.29, 1.82) is 0 Å². The van der Waals surface area contributed by atoms with E-state index in [0.717, 1.165) is 13.2 Å². The topological polar surface area (TPSA) is 38.5 Å². The van der Waals surface area contributed by atoms with Crippen molar-refractivity contribution < 1.29 is 4.74 Å². The Bertz CT molecular complexity index is 164. The van der Waals surface area contributed by atoms with Crippen LogP contribution in [-0.4, -0.2) is 44.3 Å². The van der Waals surface area contributed by atoms with Gasteiger partial charge in [-0.05, 0) is 45.3 Å². The van der Waals surface area contributed by atoms with Gasteiger partial charge >= 0.3 is 0 Å². The van der Waals surface area contributed by atoms with Crippen LogP contribution in [-0.2, 0) is 4.74 Å². The quantitative estimate of drug-likeness (QED) is 0.614. The number of hydrogen-bond donors (Lipinski definition) is 1. The average molecular weight is 228 g/mol. The highest BCUT2D eigenvalue weighted by Crippen LogP contribution is 2.18. The van der Waals surface area contributed by atoms with Gasteiger partial charge in [0.1, 0.15) is 0 Å². The van der Waals surface area contributed by atoms with Gasteiger partial charge < -0.3 is 10.5 Å². The molecule has 0 amide bonds. The van der Waals surface area contributed by atoms with Crippen molar-refractivity contribution in [3.05, 3.63) is 0 Å². The zero-order valence-corrected chi connectivity index (χ0v) is 10.8. The van der Waals surface area contributed by atoms with Crippen LogP contribution in [0.15, 0.2) is 0 Å². The highest BCUT2D eigenvalue weighted by molar-refractivity contribution is 4.78. The van der Waals surface area contributed by atoms with Gasteiger partial charge in [0, 0.05) is 13.2 Å². The maximum absolute atomic E-state index is 5.47. The maximum atomic E-state index is 5.47. The summed E-state index contributed by atoms with van der Waals surface area (Å²) in [6, 6.07) is 0.689. The van der Waals surface area contributed by atoms with Crippen LogP contribution in [0.5, 0.6) is 0 Å². The first-order valence-corrected chi connectivity index (χ1v) is 6.81. The SMILES string of the molecule is COC[C@H]1CCCN1CCCCCCCN. The fourth-order valence-corrected chi connectivity index (χ4v) is 2.56. The molecule has 16 heavy (non-hydrogen) atoms. The third-order valence-electron chi connectivity index (χ3n) is 3.51. The summed E-state index contributed by atoms with van der Waals surface area (Å²) in [4.78, 5) is 2.60. The molecule has 0 aromatic rings. The minimum Gasteiger partial charge on any atom is -0.383 e. The van der Waals surface area contributed by atoms with Crippen molar-refractivity contribution in [1.82, 2.24) is 4.90 Å². The molecule has 0 radical (unpaired) electrons. The predicted octanol–water partition coefficient (Wildman–Crippen LogP) is 2.01. The molecule has 0 aromatic heterocycles. The molecule has 0 aliphatic carbocycles. The summed E-state index contributed by atoms with van der Waals surface area (Å²) in [5, 5.41) is 0. The molecule has 1 heterocycles. The Kier molecular flexibility index (Phi) is 7.81. The molecule has 1 atom stereocenters. The summed E-state index contributed by atoms with van der Waals surface area (Å²) in [5.41, 5.74) is 5.47. The Hall–Kier alpha value is -0.120. The molecule has 96 valence electrons. The predicted molar refractivity (Wildman–Crippen MR) is 68.6 cm³/mol. The number of ether oxygens (including phenoxy) is 1. The number of likely N-dealkylation sites (tertiary alicyclic amines) is 1. The first-order chi connectivity index (χ1) is 7.88. The van der Waals surface area contributed by atoms with Gasteiger partial charge in [-0.15, -0.1) is 0 Å². The zero-order valence-electron chi connectivity index (χ0n) is 10.8. The van der Waals surface area contributed by atoms with Crippen LogP contribution in [0.2, 0.25) is 0 Å². The molecule has 0 unspecified atom stereocenters. The van der Waals surface area contributed by atoms with Gasteiger partial charge in [0.2, 0.25) is 0 Å². The fourth-order valence-electron chi connectivity index (χ4n) is 2.56. The van der Waals surface area contributed by atoms with Gasteiger partial charge in [-0.1, -0.05) is 19.3 Å². The normalized spacial score (nSPS) is 21.8. The molecule has 0 bridgehead atoms. The lowest BCUT2D eigenvalue weighted by molar-refractivity contribution is 0.114. The second kappa shape index (κ2) is 8.97. The molecule has 0 spiro atoms. The van der Waals surface area contributed by atoms with Gasteiger partial charge in [-0.25, -0.2) is 0 Å². The van der Waals surface area contributed by atoms with Crippen molar-refractivity contribution >= 4 is 0 Å². The van der Waals surface area contributed by atoms with E-state index in [2.05, 4.69) is 4.90 Å². The van der Waals surface area contributed by atoms with E-state index in [0.29, 0.717) is 6.04 Å². The van der Waals surface area contributed by atoms with Crippen LogP contribution < -0.4 is 5.73 Å². The van der Waals surface area contributed by atoms with E-state index >= 15 is 0 Å². The van der Waals surface area contributed by atoms with E-state index in [1.807, 2.05) is 7.11 Å². The molecule has 0 aromatic carbocycles. The van der Waals surface area contributed by atoms with Crippen molar-refractivity contribution in [3.63, 3.8) is 0 Å². The van der Waals surface area contributed by atoms with Crippen LogP contribution in [0.25, 0.3) is 0 Å². The second-order valence-corrected chi connectivity index (χ2v) is 4.84. The third-order valence-corrected chi connectivity index (χ3v) is 3.51. The molecule has 1 saturated heterocycles. The van der Waals surface area contributed by atoms with Crippen LogP contribution >= 0.6 is 0 Å². The molecule has 2 N–H and O–H groups in total. The van der Waals surface area contributed by atoms with Gasteiger partial charge in [-0.3, -0.25) is 4.90 Å². The monoisotopic (exact) mass is 228 g/mol. The van der Waals surface area contributed by atoms with E-state index in [1.165, 1.54) is 58.0 Å². The lowest BCUT2D eigenvalue weighted by atomic mass is 10.1. The fraction of sp³-hybridized carbons (Fsp3) is 1.00. The van der Waals surface area contributed by atoms with E-state index in [-0.39, 0.29) is 0 Å². The standard InChI is InChI=1S/C13H28N2O/c1-16-12-13-8-7-11-15(13)10-6-4-2-3-5-9-14/h13H,2-12,14H2,1H3/t13-/m1/s1. The zero-order chi connectivity index (χ0) is 11.6. The second-order valence-electron chi connectivity index (χ2n) is 4.84. The smallest absolute Gasteiger partial charge is 0.0618 e. The third kappa shape index (κ3) is 5.28. The van der Waals surface area contributed by atoms with E-state index < -0.39 is 0 Å². The largest absolute Gasteiger partial charge is 0.383 e. The van der Waals surface area contributed by atoms with Crippen LogP contribution in [0, 0.1) is 0 Å². The van der Waals surface area contributed by atoms with E-state index in [9.17, 15) is 0 Å². The molecular formula is C13H28N2O. The Labute approximate surface area is 100 Å². The molecule has 1 aliphatic heterocycles. The van der Waals surface area contributed by atoms with Gasteiger partial charge in [0.25, 0.3) is 0 Å².